The number of fused-ring (bicyclic) bond motifs is 3. The SMILES string of the molecule is CN(C)S(=O)(=O)c1cccc(C(O)CNCCOc2ccc3c(c2)[nH]c2ccccc23)c1. The summed E-state index contributed by atoms with van der Waals surface area (Å²) in [7, 11) is -0.574. The zero-order valence-corrected chi connectivity index (χ0v) is 18.9. The minimum Gasteiger partial charge on any atom is -0.492 e. The van der Waals surface area contributed by atoms with Gasteiger partial charge in [0.05, 0.1) is 16.5 Å². The Hall–Kier alpha value is -2.91. The first-order valence-electron chi connectivity index (χ1n) is 10.4. The van der Waals surface area contributed by atoms with Crippen molar-refractivity contribution in [2.75, 3.05) is 33.8 Å². The minimum atomic E-state index is -3.54. The van der Waals surface area contributed by atoms with E-state index in [-0.39, 0.29) is 11.4 Å². The van der Waals surface area contributed by atoms with Crippen LogP contribution < -0.4 is 10.1 Å². The van der Waals surface area contributed by atoms with Crippen molar-refractivity contribution in [1.82, 2.24) is 14.6 Å². The molecule has 1 aromatic heterocycles. The van der Waals surface area contributed by atoms with Crippen molar-refractivity contribution in [3.8, 4) is 5.75 Å². The van der Waals surface area contributed by atoms with Crippen LogP contribution in [0.3, 0.4) is 0 Å². The number of rotatable bonds is 9. The molecule has 0 aliphatic carbocycles. The molecule has 0 bridgehead atoms. The van der Waals surface area contributed by atoms with E-state index in [4.69, 9.17) is 4.74 Å². The van der Waals surface area contributed by atoms with Gasteiger partial charge in [-0.3, -0.25) is 0 Å². The molecule has 0 amide bonds. The number of aromatic amines is 1. The van der Waals surface area contributed by atoms with E-state index in [2.05, 4.69) is 28.5 Å². The second-order valence-corrected chi connectivity index (χ2v) is 9.96. The van der Waals surface area contributed by atoms with Gasteiger partial charge in [0.25, 0.3) is 0 Å². The zero-order chi connectivity index (χ0) is 22.7. The number of aliphatic hydroxyl groups is 1. The molecule has 168 valence electrons. The largest absolute Gasteiger partial charge is 0.492 e. The molecule has 0 fully saturated rings. The number of nitrogens with zero attached hydrogens (tertiary/aromatic N) is 1. The Morgan fingerprint density at radius 2 is 1.78 bits per heavy atom. The third kappa shape index (κ3) is 4.63. The molecule has 1 atom stereocenters. The topological polar surface area (TPSA) is 94.7 Å². The summed E-state index contributed by atoms with van der Waals surface area (Å²) in [6.45, 7) is 1.26. The van der Waals surface area contributed by atoms with Crippen LogP contribution in [0.2, 0.25) is 0 Å². The number of aromatic nitrogens is 1. The predicted molar refractivity (Wildman–Crippen MR) is 126 cm³/mol. The van der Waals surface area contributed by atoms with Gasteiger partial charge in [-0.25, -0.2) is 12.7 Å². The first-order valence-corrected chi connectivity index (χ1v) is 11.8. The van der Waals surface area contributed by atoms with Crippen LogP contribution in [0.25, 0.3) is 21.8 Å². The molecule has 0 spiro atoms. The lowest BCUT2D eigenvalue weighted by molar-refractivity contribution is 0.171. The fourth-order valence-electron chi connectivity index (χ4n) is 3.61. The molecule has 0 aliphatic rings. The molecule has 0 saturated carbocycles. The van der Waals surface area contributed by atoms with E-state index in [0.717, 1.165) is 26.5 Å². The van der Waals surface area contributed by atoms with Crippen LogP contribution in [-0.4, -0.2) is 56.6 Å². The van der Waals surface area contributed by atoms with Crippen molar-refractivity contribution in [3.05, 3.63) is 72.3 Å². The molecule has 4 aromatic rings. The van der Waals surface area contributed by atoms with Crippen LogP contribution in [0.5, 0.6) is 5.75 Å². The van der Waals surface area contributed by atoms with Gasteiger partial charge in [0.15, 0.2) is 0 Å². The highest BCUT2D eigenvalue weighted by Crippen LogP contribution is 2.28. The molecule has 3 N–H and O–H groups in total. The molecular formula is C24H27N3O4S. The number of benzene rings is 3. The summed E-state index contributed by atoms with van der Waals surface area (Å²) in [6.07, 6.45) is -0.824. The highest BCUT2D eigenvalue weighted by Gasteiger charge is 2.18. The van der Waals surface area contributed by atoms with Crippen molar-refractivity contribution < 1.29 is 18.3 Å². The summed E-state index contributed by atoms with van der Waals surface area (Å²) < 4.78 is 31.6. The lowest BCUT2D eigenvalue weighted by atomic mass is 10.1. The molecule has 1 heterocycles. The Bertz CT molecular complexity index is 1330. The maximum absolute atomic E-state index is 12.3. The summed E-state index contributed by atoms with van der Waals surface area (Å²) in [6, 6.07) is 20.6. The van der Waals surface area contributed by atoms with Crippen molar-refractivity contribution in [1.29, 1.82) is 0 Å². The number of H-pyrrole nitrogens is 1. The Kier molecular flexibility index (Phi) is 6.48. The van der Waals surface area contributed by atoms with Gasteiger partial charge in [0, 0.05) is 49.5 Å². The Balaban J connectivity index is 1.30. The van der Waals surface area contributed by atoms with Gasteiger partial charge >= 0.3 is 0 Å². The van der Waals surface area contributed by atoms with Crippen LogP contribution in [0.15, 0.2) is 71.6 Å². The second kappa shape index (κ2) is 9.30. The Morgan fingerprint density at radius 1 is 1.00 bits per heavy atom. The standard InChI is InChI=1S/C24H27N3O4S/c1-27(2)32(29,30)19-7-5-6-17(14-19)24(28)16-25-12-13-31-18-10-11-21-20-8-3-4-9-22(20)26-23(21)15-18/h3-11,14-15,24-26,28H,12-13,16H2,1-2H3. The maximum Gasteiger partial charge on any atom is 0.242 e. The molecule has 3 aromatic carbocycles. The summed E-state index contributed by atoms with van der Waals surface area (Å²) in [4.78, 5) is 3.56. The first-order chi connectivity index (χ1) is 15.4. The molecule has 8 heteroatoms. The quantitative estimate of drug-likeness (QED) is 0.338. The van der Waals surface area contributed by atoms with Crippen LogP contribution >= 0.6 is 0 Å². The summed E-state index contributed by atoms with van der Waals surface area (Å²) >= 11 is 0. The van der Waals surface area contributed by atoms with Gasteiger partial charge in [0.1, 0.15) is 12.4 Å². The van der Waals surface area contributed by atoms with E-state index in [0.29, 0.717) is 18.7 Å². The van der Waals surface area contributed by atoms with E-state index in [1.165, 1.54) is 31.6 Å². The molecule has 32 heavy (non-hydrogen) atoms. The molecule has 1 unspecified atom stereocenters. The number of para-hydroxylation sites is 1. The lowest BCUT2D eigenvalue weighted by Crippen LogP contribution is -2.26. The van der Waals surface area contributed by atoms with Crippen LogP contribution in [0.4, 0.5) is 0 Å². The van der Waals surface area contributed by atoms with Crippen LogP contribution in [0.1, 0.15) is 11.7 Å². The van der Waals surface area contributed by atoms with Crippen molar-refractivity contribution in [2.45, 2.75) is 11.0 Å². The third-order valence-electron chi connectivity index (χ3n) is 5.38. The van der Waals surface area contributed by atoms with Gasteiger partial charge in [-0.2, -0.15) is 0 Å². The fourth-order valence-corrected chi connectivity index (χ4v) is 4.57. The van der Waals surface area contributed by atoms with E-state index in [1.807, 2.05) is 24.3 Å². The zero-order valence-electron chi connectivity index (χ0n) is 18.1. The van der Waals surface area contributed by atoms with E-state index < -0.39 is 16.1 Å². The smallest absolute Gasteiger partial charge is 0.242 e. The van der Waals surface area contributed by atoms with E-state index in [9.17, 15) is 13.5 Å². The van der Waals surface area contributed by atoms with Gasteiger partial charge in [-0.1, -0.05) is 30.3 Å². The number of hydrogen-bond acceptors (Lipinski definition) is 5. The summed E-state index contributed by atoms with van der Waals surface area (Å²) in [5.41, 5.74) is 2.67. The maximum atomic E-state index is 12.3. The highest BCUT2D eigenvalue weighted by atomic mass is 32.2. The van der Waals surface area contributed by atoms with E-state index in [1.54, 1.807) is 12.1 Å². The molecular weight excluding hydrogens is 426 g/mol. The molecule has 0 saturated heterocycles. The lowest BCUT2D eigenvalue weighted by Gasteiger charge is -2.15. The minimum absolute atomic E-state index is 0.162. The average Bonchev–Trinajstić information content (AvgIpc) is 3.16. The fraction of sp³-hybridized carbons (Fsp3) is 0.250. The van der Waals surface area contributed by atoms with Gasteiger partial charge in [-0.15, -0.1) is 0 Å². The van der Waals surface area contributed by atoms with Gasteiger partial charge in [-0.05, 0) is 35.9 Å². The van der Waals surface area contributed by atoms with E-state index >= 15 is 0 Å². The van der Waals surface area contributed by atoms with Crippen molar-refractivity contribution in [2.24, 2.45) is 0 Å². The molecule has 0 radical (unpaired) electrons. The Labute approximate surface area is 187 Å². The summed E-state index contributed by atoms with van der Waals surface area (Å²) in [5, 5.41) is 15.9. The highest BCUT2D eigenvalue weighted by molar-refractivity contribution is 7.89. The monoisotopic (exact) mass is 453 g/mol. The predicted octanol–water partition coefficient (Wildman–Crippen LogP) is 3.27. The number of hydrogen-bond donors (Lipinski definition) is 3. The van der Waals surface area contributed by atoms with Gasteiger partial charge < -0.3 is 20.1 Å². The third-order valence-corrected chi connectivity index (χ3v) is 7.20. The molecule has 0 aliphatic heterocycles. The second-order valence-electron chi connectivity index (χ2n) is 7.81. The first kappa shape index (κ1) is 22.3. The average molecular weight is 454 g/mol. The molecule has 4 rings (SSSR count). The normalized spacial score (nSPS) is 13.1. The Morgan fingerprint density at radius 3 is 2.59 bits per heavy atom. The van der Waals surface area contributed by atoms with Crippen molar-refractivity contribution >= 4 is 31.8 Å². The molecule has 7 nitrogen and oxygen atoms in total. The van der Waals surface area contributed by atoms with Crippen LogP contribution in [0, 0.1) is 0 Å². The van der Waals surface area contributed by atoms with Gasteiger partial charge in [0.2, 0.25) is 10.0 Å². The summed E-state index contributed by atoms with van der Waals surface area (Å²) in [5.74, 6) is 0.771. The number of aliphatic hydroxyl groups excluding tert-OH is 1. The van der Waals surface area contributed by atoms with Crippen molar-refractivity contribution in [3.63, 3.8) is 0 Å². The number of ether oxygens (including phenoxy) is 1. The number of nitrogens with one attached hydrogen (secondary N) is 2. The van der Waals surface area contributed by atoms with Crippen LogP contribution in [-0.2, 0) is 10.0 Å². The number of sulfonamides is 1.